The second kappa shape index (κ2) is 8.52. The normalized spacial score (nSPS) is 15.1. The Balaban J connectivity index is 1.48. The number of urea groups is 1. The zero-order valence-corrected chi connectivity index (χ0v) is 15.6. The Morgan fingerprint density at radius 2 is 1.88 bits per heavy atom. The highest BCUT2D eigenvalue weighted by atomic mass is 35.5. The Hall–Kier alpha value is -2.11. The molecular formula is C20H23ClFN3O. The molecule has 1 fully saturated rings. The van der Waals surface area contributed by atoms with E-state index < -0.39 is 0 Å². The number of hydrogen-bond acceptors (Lipinski definition) is 2. The molecule has 1 heterocycles. The number of rotatable bonds is 4. The summed E-state index contributed by atoms with van der Waals surface area (Å²) in [5.74, 6) is -0.151. The molecular weight excluding hydrogens is 353 g/mol. The minimum atomic E-state index is -0.151. The van der Waals surface area contributed by atoms with Gasteiger partial charge < -0.3 is 10.2 Å². The molecule has 2 amide bonds. The van der Waals surface area contributed by atoms with E-state index in [9.17, 15) is 9.18 Å². The van der Waals surface area contributed by atoms with Crippen molar-refractivity contribution in [3.05, 3.63) is 64.4 Å². The number of halogens is 2. The predicted molar refractivity (Wildman–Crippen MR) is 103 cm³/mol. The fourth-order valence-corrected chi connectivity index (χ4v) is 3.25. The summed E-state index contributed by atoms with van der Waals surface area (Å²) < 4.78 is 13.7. The molecule has 2 aromatic rings. The van der Waals surface area contributed by atoms with Gasteiger partial charge in [0.15, 0.2) is 0 Å². The number of benzene rings is 2. The molecule has 0 bridgehead atoms. The summed E-state index contributed by atoms with van der Waals surface area (Å²) >= 11 is 6.00. The number of piperazine rings is 1. The molecule has 138 valence electrons. The van der Waals surface area contributed by atoms with Gasteiger partial charge in [0.05, 0.1) is 0 Å². The van der Waals surface area contributed by atoms with Crippen LogP contribution in [0.25, 0.3) is 0 Å². The standard InChI is InChI=1S/C20H23ClFN3O/c1-15-6-7-17(21)14-19(15)23-20(26)25-12-10-24(11-13-25)9-8-16-4-2-3-5-18(16)22/h2-7,14H,8-13H2,1H3,(H,23,26). The van der Waals surface area contributed by atoms with E-state index in [1.165, 1.54) is 6.07 Å². The minimum absolute atomic E-state index is 0.107. The van der Waals surface area contributed by atoms with Crippen molar-refractivity contribution in [2.24, 2.45) is 0 Å². The van der Waals surface area contributed by atoms with E-state index in [1.807, 2.05) is 25.1 Å². The van der Waals surface area contributed by atoms with Crippen molar-refractivity contribution < 1.29 is 9.18 Å². The molecule has 0 spiro atoms. The van der Waals surface area contributed by atoms with Crippen LogP contribution in [0.2, 0.25) is 5.02 Å². The first kappa shape index (κ1) is 18.7. The van der Waals surface area contributed by atoms with Crippen LogP contribution in [-0.4, -0.2) is 48.6 Å². The van der Waals surface area contributed by atoms with Crippen molar-refractivity contribution in [1.29, 1.82) is 0 Å². The third kappa shape index (κ3) is 4.74. The van der Waals surface area contributed by atoms with Gasteiger partial charge in [0.25, 0.3) is 0 Å². The SMILES string of the molecule is Cc1ccc(Cl)cc1NC(=O)N1CCN(CCc2ccccc2F)CC1. The Morgan fingerprint density at radius 1 is 1.15 bits per heavy atom. The van der Waals surface area contributed by atoms with Crippen molar-refractivity contribution in [2.75, 3.05) is 38.0 Å². The lowest BCUT2D eigenvalue weighted by atomic mass is 10.1. The fraction of sp³-hybridized carbons (Fsp3) is 0.350. The highest BCUT2D eigenvalue weighted by molar-refractivity contribution is 6.31. The molecule has 1 aliphatic heterocycles. The molecule has 4 nitrogen and oxygen atoms in total. The summed E-state index contributed by atoms with van der Waals surface area (Å²) in [7, 11) is 0. The molecule has 26 heavy (non-hydrogen) atoms. The van der Waals surface area contributed by atoms with E-state index in [0.717, 1.165) is 36.4 Å². The molecule has 0 atom stereocenters. The first-order valence-electron chi connectivity index (χ1n) is 8.81. The molecule has 1 aliphatic rings. The first-order chi connectivity index (χ1) is 12.5. The van der Waals surface area contributed by atoms with Gasteiger partial charge in [-0.15, -0.1) is 0 Å². The summed E-state index contributed by atoms with van der Waals surface area (Å²) in [4.78, 5) is 16.5. The van der Waals surface area contributed by atoms with E-state index in [0.29, 0.717) is 24.5 Å². The maximum atomic E-state index is 13.7. The van der Waals surface area contributed by atoms with Gasteiger partial charge in [0, 0.05) is 43.4 Å². The third-order valence-electron chi connectivity index (χ3n) is 4.76. The molecule has 2 aromatic carbocycles. The van der Waals surface area contributed by atoms with E-state index in [2.05, 4.69) is 10.2 Å². The van der Waals surface area contributed by atoms with E-state index >= 15 is 0 Å². The number of hydrogen-bond donors (Lipinski definition) is 1. The monoisotopic (exact) mass is 375 g/mol. The fourth-order valence-electron chi connectivity index (χ4n) is 3.08. The quantitative estimate of drug-likeness (QED) is 0.870. The zero-order chi connectivity index (χ0) is 18.5. The molecule has 3 rings (SSSR count). The highest BCUT2D eigenvalue weighted by Gasteiger charge is 2.21. The summed E-state index contributed by atoms with van der Waals surface area (Å²) in [6.45, 7) is 5.62. The Morgan fingerprint density at radius 3 is 2.62 bits per heavy atom. The maximum absolute atomic E-state index is 13.7. The van der Waals surface area contributed by atoms with Gasteiger partial charge >= 0.3 is 6.03 Å². The smallest absolute Gasteiger partial charge is 0.321 e. The topological polar surface area (TPSA) is 35.6 Å². The summed E-state index contributed by atoms with van der Waals surface area (Å²) in [6.07, 6.45) is 0.681. The Bertz CT molecular complexity index is 775. The molecule has 0 saturated carbocycles. The van der Waals surface area contributed by atoms with Crippen LogP contribution in [0.3, 0.4) is 0 Å². The van der Waals surface area contributed by atoms with Crippen LogP contribution in [0.15, 0.2) is 42.5 Å². The lowest BCUT2D eigenvalue weighted by molar-refractivity contribution is 0.148. The lowest BCUT2D eigenvalue weighted by Crippen LogP contribution is -2.50. The molecule has 0 aromatic heterocycles. The molecule has 0 unspecified atom stereocenters. The average molecular weight is 376 g/mol. The summed E-state index contributed by atoms with van der Waals surface area (Å²) in [6, 6.07) is 12.2. The average Bonchev–Trinajstić information content (AvgIpc) is 2.64. The minimum Gasteiger partial charge on any atom is -0.322 e. The van der Waals surface area contributed by atoms with Gasteiger partial charge in [-0.25, -0.2) is 9.18 Å². The van der Waals surface area contributed by atoms with Crippen molar-refractivity contribution >= 4 is 23.3 Å². The number of carbonyl (C=O) groups excluding carboxylic acids is 1. The molecule has 1 N–H and O–H groups in total. The summed E-state index contributed by atoms with van der Waals surface area (Å²) in [5, 5.41) is 3.54. The van der Waals surface area contributed by atoms with Gasteiger partial charge in [-0.1, -0.05) is 35.9 Å². The highest BCUT2D eigenvalue weighted by Crippen LogP contribution is 2.20. The van der Waals surface area contributed by atoms with Gasteiger partial charge in [0.2, 0.25) is 0 Å². The van der Waals surface area contributed by atoms with Gasteiger partial charge in [0.1, 0.15) is 5.82 Å². The number of anilines is 1. The predicted octanol–water partition coefficient (Wildman–Crippen LogP) is 4.18. The van der Waals surface area contributed by atoms with Crippen molar-refractivity contribution in [3.63, 3.8) is 0 Å². The van der Waals surface area contributed by atoms with E-state index in [4.69, 9.17) is 11.6 Å². The van der Waals surface area contributed by atoms with Crippen LogP contribution < -0.4 is 5.32 Å². The Labute approximate surface area is 158 Å². The van der Waals surface area contributed by atoms with Crippen molar-refractivity contribution in [2.45, 2.75) is 13.3 Å². The molecule has 0 radical (unpaired) electrons. The Kier molecular flexibility index (Phi) is 6.12. The van der Waals surface area contributed by atoms with Crippen LogP contribution >= 0.6 is 11.6 Å². The van der Waals surface area contributed by atoms with E-state index in [1.54, 1.807) is 23.1 Å². The second-order valence-corrected chi connectivity index (χ2v) is 7.00. The number of nitrogens with zero attached hydrogens (tertiary/aromatic N) is 2. The van der Waals surface area contributed by atoms with Crippen LogP contribution in [-0.2, 0) is 6.42 Å². The van der Waals surface area contributed by atoms with Crippen molar-refractivity contribution in [3.8, 4) is 0 Å². The molecule has 1 saturated heterocycles. The van der Waals surface area contributed by atoms with Gasteiger partial charge in [-0.05, 0) is 42.7 Å². The number of carbonyl (C=O) groups is 1. The number of aryl methyl sites for hydroxylation is 1. The first-order valence-corrected chi connectivity index (χ1v) is 9.18. The maximum Gasteiger partial charge on any atom is 0.321 e. The number of amides is 2. The molecule has 0 aliphatic carbocycles. The molecule has 6 heteroatoms. The van der Waals surface area contributed by atoms with Gasteiger partial charge in [-0.2, -0.15) is 0 Å². The van der Waals surface area contributed by atoms with Crippen molar-refractivity contribution in [1.82, 2.24) is 9.80 Å². The third-order valence-corrected chi connectivity index (χ3v) is 4.99. The second-order valence-electron chi connectivity index (χ2n) is 6.56. The number of nitrogens with one attached hydrogen (secondary N) is 1. The van der Waals surface area contributed by atoms with Crippen LogP contribution in [0.4, 0.5) is 14.9 Å². The van der Waals surface area contributed by atoms with E-state index in [-0.39, 0.29) is 11.8 Å². The van der Waals surface area contributed by atoms with Crippen LogP contribution in [0.1, 0.15) is 11.1 Å². The summed E-state index contributed by atoms with van der Waals surface area (Å²) in [5.41, 5.74) is 2.46. The van der Waals surface area contributed by atoms with Crippen LogP contribution in [0, 0.1) is 12.7 Å². The zero-order valence-electron chi connectivity index (χ0n) is 14.8. The largest absolute Gasteiger partial charge is 0.322 e. The van der Waals surface area contributed by atoms with Crippen LogP contribution in [0.5, 0.6) is 0 Å². The lowest BCUT2D eigenvalue weighted by Gasteiger charge is -2.34. The van der Waals surface area contributed by atoms with Gasteiger partial charge in [-0.3, -0.25) is 4.90 Å².